The monoisotopic (exact) mass is 228 g/mol. The van der Waals surface area contributed by atoms with Crippen molar-refractivity contribution >= 4 is 5.91 Å². The molecule has 1 amide bonds. The minimum Gasteiger partial charge on any atom is -0.394 e. The molecule has 0 bridgehead atoms. The summed E-state index contributed by atoms with van der Waals surface area (Å²) in [5.74, 6) is 0.0263. The number of carbonyl (C=O) groups excluding carboxylic acids is 1. The summed E-state index contributed by atoms with van der Waals surface area (Å²) in [6, 6.07) is -0.181. The Morgan fingerprint density at radius 3 is 2.38 bits per heavy atom. The summed E-state index contributed by atoms with van der Waals surface area (Å²) in [6.07, 6.45) is 6.33. The van der Waals surface area contributed by atoms with Gasteiger partial charge in [-0.05, 0) is 19.8 Å². The number of nitrogens with one attached hydrogen (secondary N) is 1. The molecule has 1 aliphatic carbocycles. The summed E-state index contributed by atoms with van der Waals surface area (Å²) >= 11 is 0. The molecule has 4 nitrogen and oxygen atoms in total. The van der Waals surface area contributed by atoms with Crippen LogP contribution in [0.5, 0.6) is 0 Å². The van der Waals surface area contributed by atoms with Crippen molar-refractivity contribution in [2.24, 2.45) is 11.1 Å². The molecule has 4 heteroatoms. The molecule has 0 aromatic rings. The highest BCUT2D eigenvalue weighted by molar-refractivity contribution is 5.83. The van der Waals surface area contributed by atoms with Gasteiger partial charge in [0, 0.05) is 12.6 Å². The van der Waals surface area contributed by atoms with E-state index in [2.05, 4.69) is 5.32 Å². The van der Waals surface area contributed by atoms with E-state index < -0.39 is 0 Å². The number of amides is 1. The summed E-state index contributed by atoms with van der Waals surface area (Å²) in [5, 5.41) is 11.8. The van der Waals surface area contributed by atoms with Crippen molar-refractivity contribution in [3.05, 3.63) is 0 Å². The highest BCUT2D eigenvalue weighted by Crippen LogP contribution is 2.34. The summed E-state index contributed by atoms with van der Waals surface area (Å²) in [6.45, 7) is 2.20. The third kappa shape index (κ3) is 3.19. The molecule has 0 aliphatic heterocycles. The Kier molecular flexibility index (Phi) is 5.22. The van der Waals surface area contributed by atoms with Gasteiger partial charge < -0.3 is 16.2 Å². The predicted molar refractivity (Wildman–Crippen MR) is 63.9 cm³/mol. The van der Waals surface area contributed by atoms with Crippen LogP contribution in [0, 0.1) is 5.41 Å². The topological polar surface area (TPSA) is 75.3 Å². The second-order valence-corrected chi connectivity index (χ2v) is 4.96. The molecule has 94 valence electrons. The van der Waals surface area contributed by atoms with Gasteiger partial charge in [-0.15, -0.1) is 0 Å². The predicted octanol–water partition coefficient (Wildman–Crippen LogP) is 0.783. The van der Waals surface area contributed by atoms with Crippen molar-refractivity contribution in [3.63, 3.8) is 0 Å². The Labute approximate surface area is 97.6 Å². The van der Waals surface area contributed by atoms with Gasteiger partial charge in [-0.25, -0.2) is 0 Å². The van der Waals surface area contributed by atoms with E-state index in [0.29, 0.717) is 6.54 Å². The maximum Gasteiger partial charge on any atom is 0.227 e. The van der Waals surface area contributed by atoms with Gasteiger partial charge in [-0.1, -0.05) is 25.7 Å². The highest BCUT2D eigenvalue weighted by atomic mass is 16.3. The van der Waals surface area contributed by atoms with Gasteiger partial charge in [0.1, 0.15) is 0 Å². The van der Waals surface area contributed by atoms with Crippen LogP contribution in [0.4, 0.5) is 0 Å². The minimum absolute atomic E-state index is 0.0214. The fraction of sp³-hybridized carbons (Fsp3) is 0.917. The molecule has 0 aromatic heterocycles. The average Bonchev–Trinajstić information content (AvgIpc) is 2.54. The molecular weight excluding hydrogens is 204 g/mol. The third-order valence-electron chi connectivity index (χ3n) is 3.58. The number of carbonyl (C=O) groups is 1. The zero-order valence-electron chi connectivity index (χ0n) is 10.2. The van der Waals surface area contributed by atoms with Crippen molar-refractivity contribution in [2.45, 2.75) is 51.5 Å². The highest BCUT2D eigenvalue weighted by Gasteiger charge is 2.37. The van der Waals surface area contributed by atoms with E-state index in [0.717, 1.165) is 25.7 Å². The first-order valence-electron chi connectivity index (χ1n) is 6.26. The van der Waals surface area contributed by atoms with Crippen LogP contribution in [0.1, 0.15) is 45.4 Å². The van der Waals surface area contributed by atoms with Crippen LogP contribution in [0.3, 0.4) is 0 Å². The molecule has 0 radical (unpaired) electrons. The summed E-state index contributed by atoms with van der Waals surface area (Å²) in [7, 11) is 0. The normalized spacial score (nSPS) is 22.2. The smallest absolute Gasteiger partial charge is 0.227 e. The van der Waals surface area contributed by atoms with Crippen molar-refractivity contribution in [3.8, 4) is 0 Å². The van der Waals surface area contributed by atoms with E-state index in [-0.39, 0.29) is 24.0 Å². The van der Waals surface area contributed by atoms with Gasteiger partial charge in [-0.2, -0.15) is 0 Å². The van der Waals surface area contributed by atoms with Gasteiger partial charge in [0.05, 0.1) is 12.0 Å². The van der Waals surface area contributed by atoms with Crippen LogP contribution in [0.2, 0.25) is 0 Å². The van der Waals surface area contributed by atoms with E-state index in [1.165, 1.54) is 12.8 Å². The number of rotatable bonds is 4. The number of aliphatic hydroxyl groups is 1. The fourth-order valence-electron chi connectivity index (χ4n) is 2.35. The molecule has 0 heterocycles. The zero-order chi connectivity index (χ0) is 12.0. The van der Waals surface area contributed by atoms with Crippen molar-refractivity contribution < 1.29 is 9.90 Å². The Morgan fingerprint density at radius 1 is 1.38 bits per heavy atom. The van der Waals surface area contributed by atoms with Gasteiger partial charge in [-0.3, -0.25) is 4.79 Å². The van der Waals surface area contributed by atoms with E-state index in [4.69, 9.17) is 10.8 Å². The number of nitrogens with two attached hydrogens (primary N) is 1. The largest absolute Gasteiger partial charge is 0.394 e. The van der Waals surface area contributed by atoms with Crippen LogP contribution in [-0.2, 0) is 4.79 Å². The molecule has 1 saturated carbocycles. The number of hydrogen-bond acceptors (Lipinski definition) is 3. The molecule has 1 atom stereocenters. The van der Waals surface area contributed by atoms with Gasteiger partial charge in [0.25, 0.3) is 0 Å². The molecule has 1 unspecified atom stereocenters. The lowest BCUT2D eigenvalue weighted by Crippen LogP contribution is -2.49. The molecule has 1 aliphatic rings. The zero-order valence-corrected chi connectivity index (χ0v) is 10.2. The lowest BCUT2D eigenvalue weighted by Gasteiger charge is -2.31. The Balaban J connectivity index is 2.65. The lowest BCUT2D eigenvalue weighted by atomic mass is 9.79. The Hall–Kier alpha value is -0.610. The summed E-state index contributed by atoms with van der Waals surface area (Å²) in [4.78, 5) is 12.2. The van der Waals surface area contributed by atoms with E-state index in [1.54, 1.807) is 6.92 Å². The quantitative estimate of drug-likeness (QED) is 0.622. The second-order valence-electron chi connectivity index (χ2n) is 4.96. The molecule has 1 fully saturated rings. The first-order chi connectivity index (χ1) is 7.64. The van der Waals surface area contributed by atoms with Gasteiger partial charge in [0.2, 0.25) is 5.91 Å². The van der Waals surface area contributed by atoms with E-state index >= 15 is 0 Å². The van der Waals surface area contributed by atoms with Gasteiger partial charge in [0.15, 0.2) is 0 Å². The summed E-state index contributed by atoms with van der Waals surface area (Å²) < 4.78 is 0. The molecule has 0 aromatic carbocycles. The Morgan fingerprint density at radius 2 is 1.94 bits per heavy atom. The van der Waals surface area contributed by atoms with Crippen LogP contribution in [0.25, 0.3) is 0 Å². The van der Waals surface area contributed by atoms with Crippen LogP contribution >= 0.6 is 0 Å². The molecule has 1 rings (SSSR count). The van der Waals surface area contributed by atoms with Crippen molar-refractivity contribution in [1.29, 1.82) is 0 Å². The first kappa shape index (κ1) is 13.5. The third-order valence-corrected chi connectivity index (χ3v) is 3.58. The summed E-state index contributed by atoms with van der Waals surface area (Å²) in [5.41, 5.74) is 5.41. The van der Waals surface area contributed by atoms with Crippen LogP contribution in [0.15, 0.2) is 0 Å². The standard InChI is InChI=1S/C12H24N2O2/c1-10(8-15)14-11(16)12(9-13)6-4-2-3-5-7-12/h10,15H,2-9,13H2,1H3,(H,14,16). The van der Waals surface area contributed by atoms with E-state index in [1.807, 2.05) is 0 Å². The SMILES string of the molecule is CC(CO)NC(=O)C1(CN)CCCCCC1. The molecular formula is C12H24N2O2. The Bertz CT molecular complexity index is 223. The van der Waals surface area contributed by atoms with Gasteiger partial charge >= 0.3 is 0 Å². The second kappa shape index (κ2) is 6.21. The van der Waals surface area contributed by atoms with Crippen molar-refractivity contribution in [2.75, 3.05) is 13.2 Å². The number of hydrogen-bond donors (Lipinski definition) is 3. The molecule has 4 N–H and O–H groups in total. The maximum atomic E-state index is 12.2. The van der Waals surface area contributed by atoms with Crippen molar-refractivity contribution in [1.82, 2.24) is 5.32 Å². The lowest BCUT2D eigenvalue weighted by molar-refractivity contribution is -0.132. The average molecular weight is 228 g/mol. The molecule has 0 spiro atoms. The molecule has 0 saturated heterocycles. The first-order valence-corrected chi connectivity index (χ1v) is 6.26. The number of aliphatic hydroxyl groups excluding tert-OH is 1. The van der Waals surface area contributed by atoms with Crippen LogP contribution < -0.4 is 11.1 Å². The van der Waals surface area contributed by atoms with E-state index in [9.17, 15) is 4.79 Å². The maximum absolute atomic E-state index is 12.2. The fourth-order valence-corrected chi connectivity index (χ4v) is 2.35. The van der Waals surface area contributed by atoms with Crippen LogP contribution in [-0.4, -0.2) is 30.2 Å². The molecule has 16 heavy (non-hydrogen) atoms. The minimum atomic E-state index is -0.389.